The van der Waals surface area contributed by atoms with Crippen LogP contribution in [0.3, 0.4) is 0 Å². The van der Waals surface area contributed by atoms with Crippen LogP contribution in [-0.4, -0.2) is 48.8 Å². The fraction of sp³-hybridized carbons (Fsp3) is 0.333. The third-order valence-electron chi connectivity index (χ3n) is 3.24. The minimum absolute atomic E-state index is 0.357. The molecule has 2 N–H and O–H groups in total. The van der Waals surface area contributed by atoms with Crippen molar-refractivity contribution < 1.29 is 28.9 Å². The lowest BCUT2D eigenvalue weighted by Crippen LogP contribution is -2.48. The Hall–Kier alpha value is -2.38. The number of aliphatic hydroxyl groups excluding tert-OH is 1. The molecule has 118 valence electrons. The summed E-state index contributed by atoms with van der Waals surface area (Å²) in [6.07, 6.45) is -2.56. The fourth-order valence-electron chi connectivity index (χ4n) is 2.12. The Balaban J connectivity index is 2.11. The van der Waals surface area contributed by atoms with Crippen molar-refractivity contribution in [3.05, 3.63) is 48.6 Å². The van der Waals surface area contributed by atoms with Crippen LogP contribution >= 0.6 is 0 Å². The highest BCUT2D eigenvalue weighted by Gasteiger charge is 2.44. The van der Waals surface area contributed by atoms with Crippen molar-refractivity contribution >= 4 is 12.1 Å². The predicted molar refractivity (Wildman–Crippen MR) is 76.1 cm³/mol. The Morgan fingerprint density at radius 1 is 1.45 bits per heavy atom. The minimum atomic E-state index is -1.30. The maximum atomic E-state index is 12.1. The van der Waals surface area contributed by atoms with Crippen molar-refractivity contribution in [1.82, 2.24) is 5.32 Å². The van der Waals surface area contributed by atoms with Gasteiger partial charge in [-0.2, -0.15) is 0 Å². The van der Waals surface area contributed by atoms with Gasteiger partial charge < -0.3 is 24.6 Å². The van der Waals surface area contributed by atoms with Crippen molar-refractivity contribution in [2.24, 2.45) is 0 Å². The summed E-state index contributed by atoms with van der Waals surface area (Å²) in [4.78, 5) is 23.5. The van der Waals surface area contributed by atoms with Gasteiger partial charge >= 0.3 is 12.1 Å². The molecule has 1 fully saturated rings. The van der Waals surface area contributed by atoms with Gasteiger partial charge in [0.05, 0.1) is 5.56 Å². The van der Waals surface area contributed by atoms with Crippen LogP contribution in [-0.2, 0) is 14.2 Å². The van der Waals surface area contributed by atoms with Crippen molar-refractivity contribution in [2.45, 2.75) is 24.5 Å². The zero-order valence-corrected chi connectivity index (χ0v) is 12.0. The summed E-state index contributed by atoms with van der Waals surface area (Å²) in [5.41, 5.74) is 0.357. The van der Waals surface area contributed by atoms with E-state index in [9.17, 15) is 14.7 Å². The first-order valence-electron chi connectivity index (χ1n) is 6.63. The number of amides is 1. The molecule has 0 saturated carbocycles. The minimum Gasteiger partial charge on any atom is -0.450 e. The second-order valence-corrected chi connectivity index (χ2v) is 4.64. The first-order chi connectivity index (χ1) is 10.6. The zero-order valence-electron chi connectivity index (χ0n) is 12.0. The van der Waals surface area contributed by atoms with Gasteiger partial charge in [-0.05, 0) is 18.2 Å². The SMILES string of the molecule is C=C[C@@H](OC(=O)c1ccccc1)[C@H]1OC(=O)N[C@H]1C(O)OC. The van der Waals surface area contributed by atoms with Gasteiger partial charge in [-0.15, -0.1) is 0 Å². The summed E-state index contributed by atoms with van der Waals surface area (Å²) in [7, 11) is 1.28. The number of ether oxygens (including phenoxy) is 3. The molecule has 0 aliphatic carbocycles. The van der Waals surface area contributed by atoms with E-state index < -0.39 is 36.6 Å². The predicted octanol–water partition coefficient (Wildman–Crippen LogP) is 0.840. The van der Waals surface area contributed by atoms with E-state index in [4.69, 9.17) is 14.2 Å². The van der Waals surface area contributed by atoms with E-state index in [1.54, 1.807) is 30.3 Å². The number of hydrogen-bond donors (Lipinski definition) is 2. The van der Waals surface area contributed by atoms with Gasteiger partial charge in [0.15, 0.2) is 18.5 Å². The smallest absolute Gasteiger partial charge is 0.408 e. The van der Waals surface area contributed by atoms with Gasteiger partial charge in [0, 0.05) is 7.11 Å². The number of carbonyl (C=O) groups excluding carboxylic acids is 2. The van der Waals surface area contributed by atoms with Gasteiger partial charge in [-0.3, -0.25) is 0 Å². The topological polar surface area (TPSA) is 94.1 Å². The summed E-state index contributed by atoms with van der Waals surface area (Å²) in [5, 5.41) is 12.2. The molecule has 22 heavy (non-hydrogen) atoms. The average molecular weight is 307 g/mol. The highest BCUT2D eigenvalue weighted by Crippen LogP contribution is 2.20. The normalized spacial score (nSPS) is 23.1. The average Bonchev–Trinajstić information content (AvgIpc) is 2.94. The second-order valence-electron chi connectivity index (χ2n) is 4.64. The van der Waals surface area contributed by atoms with Crippen LogP contribution in [0, 0.1) is 0 Å². The van der Waals surface area contributed by atoms with E-state index in [-0.39, 0.29) is 0 Å². The molecule has 4 atom stereocenters. The molecular weight excluding hydrogens is 290 g/mol. The molecule has 7 nitrogen and oxygen atoms in total. The number of rotatable bonds is 6. The lowest BCUT2D eigenvalue weighted by atomic mass is 10.1. The molecule has 2 rings (SSSR count). The van der Waals surface area contributed by atoms with Crippen LogP contribution in [0.15, 0.2) is 43.0 Å². The summed E-state index contributed by atoms with van der Waals surface area (Å²) >= 11 is 0. The van der Waals surface area contributed by atoms with E-state index in [1.165, 1.54) is 13.2 Å². The van der Waals surface area contributed by atoms with Gasteiger partial charge in [-0.1, -0.05) is 24.8 Å². The second kappa shape index (κ2) is 7.06. The number of carbonyl (C=O) groups is 2. The van der Waals surface area contributed by atoms with Gasteiger partial charge in [0.1, 0.15) is 6.04 Å². The van der Waals surface area contributed by atoms with Crippen molar-refractivity contribution in [1.29, 1.82) is 0 Å². The molecule has 1 aliphatic heterocycles. The zero-order chi connectivity index (χ0) is 16.1. The Morgan fingerprint density at radius 3 is 2.73 bits per heavy atom. The van der Waals surface area contributed by atoms with E-state index >= 15 is 0 Å². The molecule has 0 radical (unpaired) electrons. The van der Waals surface area contributed by atoms with Crippen molar-refractivity contribution in [2.75, 3.05) is 7.11 Å². The van der Waals surface area contributed by atoms with Crippen LogP contribution < -0.4 is 5.32 Å². The van der Waals surface area contributed by atoms with E-state index in [1.807, 2.05) is 0 Å². The van der Waals surface area contributed by atoms with E-state index in [0.717, 1.165) is 0 Å². The summed E-state index contributed by atoms with van der Waals surface area (Å²) in [6, 6.07) is 7.51. The lowest BCUT2D eigenvalue weighted by molar-refractivity contribution is -0.115. The molecule has 0 spiro atoms. The first-order valence-corrected chi connectivity index (χ1v) is 6.63. The maximum Gasteiger partial charge on any atom is 0.408 e. The van der Waals surface area contributed by atoms with Crippen LogP contribution in [0.2, 0.25) is 0 Å². The fourth-order valence-corrected chi connectivity index (χ4v) is 2.12. The number of benzene rings is 1. The van der Waals surface area contributed by atoms with Gasteiger partial charge in [-0.25, -0.2) is 9.59 Å². The Bertz CT molecular complexity index is 546. The monoisotopic (exact) mass is 307 g/mol. The molecule has 7 heteroatoms. The standard InChI is InChI=1S/C15H17NO6/c1-3-10(21-13(17)9-7-5-4-6-8-9)12-11(14(18)20-2)16-15(19)22-12/h3-8,10-12,14,18H,1H2,2H3,(H,16,19)/t10-,11-,12-,14?/m1/s1. The highest BCUT2D eigenvalue weighted by molar-refractivity contribution is 5.89. The summed E-state index contributed by atoms with van der Waals surface area (Å²) < 4.78 is 15.1. The molecule has 1 amide bonds. The highest BCUT2D eigenvalue weighted by atomic mass is 16.6. The van der Waals surface area contributed by atoms with Gasteiger partial charge in [0.25, 0.3) is 0 Å². The lowest BCUT2D eigenvalue weighted by Gasteiger charge is -2.25. The third kappa shape index (κ3) is 3.44. The first kappa shape index (κ1) is 16.0. The Morgan fingerprint density at radius 2 is 2.14 bits per heavy atom. The molecule has 1 aromatic carbocycles. The molecule has 1 saturated heterocycles. The third-order valence-corrected chi connectivity index (χ3v) is 3.24. The van der Waals surface area contributed by atoms with Crippen LogP contribution in [0.5, 0.6) is 0 Å². The largest absolute Gasteiger partial charge is 0.450 e. The number of aliphatic hydroxyl groups is 1. The van der Waals surface area contributed by atoms with Crippen molar-refractivity contribution in [3.8, 4) is 0 Å². The molecular formula is C15H17NO6. The van der Waals surface area contributed by atoms with Crippen LogP contribution in [0.1, 0.15) is 10.4 Å². The molecule has 1 heterocycles. The van der Waals surface area contributed by atoms with E-state index in [0.29, 0.717) is 5.56 Å². The molecule has 1 aliphatic rings. The number of nitrogens with one attached hydrogen (secondary N) is 1. The molecule has 1 aromatic rings. The molecule has 1 unspecified atom stereocenters. The quantitative estimate of drug-likeness (QED) is 0.459. The Kier molecular flexibility index (Phi) is 5.13. The summed E-state index contributed by atoms with van der Waals surface area (Å²) in [5.74, 6) is -0.584. The number of hydrogen-bond acceptors (Lipinski definition) is 6. The van der Waals surface area contributed by atoms with E-state index in [2.05, 4.69) is 11.9 Å². The molecule has 0 bridgehead atoms. The van der Waals surface area contributed by atoms with Crippen LogP contribution in [0.25, 0.3) is 0 Å². The molecule has 0 aromatic heterocycles. The number of esters is 1. The number of methoxy groups -OCH3 is 1. The number of alkyl carbamates (subject to hydrolysis) is 1. The van der Waals surface area contributed by atoms with Gasteiger partial charge in [0.2, 0.25) is 0 Å². The number of cyclic esters (lactones) is 1. The Labute approximate surface area is 127 Å². The van der Waals surface area contributed by atoms with Crippen LogP contribution in [0.4, 0.5) is 4.79 Å². The summed E-state index contributed by atoms with van der Waals surface area (Å²) in [6.45, 7) is 3.58. The maximum absolute atomic E-state index is 12.1. The van der Waals surface area contributed by atoms with Crippen molar-refractivity contribution in [3.63, 3.8) is 0 Å².